The van der Waals surface area contributed by atoms with Crippen LogP contribution in [0.3, 0.4) is 0 Å². The van der Waals surface area contributed by atoms with Gasteiger partial charge in [0.1, 0.15) is 5.82 Å². The molecule has 19 heavy (non-hydrogen) atoms. The van der Waals surface area contributed by atoms with Crippen molar-refractivity contribution >= 4 is 5.91 Å². The summed E-state index contributed by atoms with van der Waals surface area (Å²) in [7, 11) is 1.71. The predicted octanol–water partition coefficient (Wildman–Crippen LogP) is 2.30. The van der Waals surface area contributed by atoms with Gasteiger partial charge in [0.25, 0.3) is 0 Å². The summed E-state index contributed by atoms with van der Waals surface area (Å²) >= 11 is 0. The molecule has 1 aliphatic rings. The zero-order valence-corrected chi connectivity index (χ0v) is 11.5. The molecule has 0 saturated heterocycles. The Balaban J connectivity index is 2.10. The van der Waals surface area contributed by atoms with Crippen LogP contribution in [-0.4, -0.2) is 23.9 Å². The Morgan fingerprint density at radius 2 is 2.21 bits per heavy atom. The van der Waals surface area contributed by atoms with E-state index in [2.05, 4.69) is 0 Å². The van der Waals surface area contributed by atoms with Crippen molar-refractivity contribution in [3.05, 3.63) is 35.6 Å². The van der Waals surface area contributed by atoms with Crippen LogP contribution in [0, 0.1) is 11.2 Å². The fraction of sp³-hybridized carbons (Fsp3) is 0.533. The van der Waals surface area contributed by atoms with Crippen molar-refractivity contribution < 1.29 is 9.18 Å². The summed E-state index contributed by atoms with van der Waals surface area (Å²) in [6.45, 7) is 2.21. The molecule has 1 saturated carbocycles. The number of rotatable bonds is 3. The van der Waals surface area contributed by atoms with E-state index in [-0.39, 0.29) is 24.3 Å². The van der Waals surface area contributed by atoms with Crippen LogP contribution in [-0.2, 0) is 11.3 Å². The molecule has 1 fully saturated rings. The fourth-order valence-corrected chi connectivity index (χ4v) is 2.85. The molecule has 2 rings (SSSR count). The molecule has 4 heteroatoms. The van der Waals surface area contributed by atoms with Crippen LogP contribution in [0.5, 0.6) is 0 Å². The molecule has 0 bridgehead atoms. The monoisotopic (exact) mass is 264 g/mol. The standard InChI is InChI=1S/C15H21FN2O/c1-15(9-5-8-13(15)17)14(19)18(2)10-11-6-3-4-7-12(11)16/h3-4,6-7,13H,5,8-10,17H2,1-2H3. The van der Waals surface area contributed by atoms with Gasteiger partial charge >= 0.3 is 0 Å². The molecule has 104 valence electrons. The van der Waals surface area contributed by atoms with Crippen LogP contribution in [0.1, 0.15) is 31.7 Å². The number of nitrogens with zero attached hydrogens (tertiary/aromatic N) is 1. The fourth-order valence-electron chi connectivity index (χ4n) is 2.85. The summed E-state index contributed by atoms with van der Waals surface area (Å²) in [5.74, 6) is -0.260. The molecule has 0 heterocycles. The second-order valence-corrected chi connectivity index (χ2v) is 5.67. The number of amides is 1. The molecule has 2 N–H and O–H groups in total. The van der Waals surface area contributed by atoms with Crippen LogP contribution in [0.2, 0.25) is 0 Å². The second-order valence-electron chi connectivity index (χ2n) is 5.67. The van der Waals surface area contributed by atoms with E-state index >= 15 is 0 Å². The molecule has 1 aromatic carbocycles. The molecule has 2 atom stereocenters. The van der Waals surface area contributed by atoms with E-state index in [1.165, 1.54) is 6.07 Å². The zero-order valence-electron chi connectivity index (χ0n) is 11.5. The molecule has 1 aliphatic carbocycles. The first-order valence-electron chi connectivity index (χ1n) is 6.69. The maximum Gasteiger partial charge on any atom is 0.230 e. The van der Waals surface area contributed by atoms with Crippen LogP contribution >= 0.6 is 0 Å². The van der Waals surface area contributed by atoms with Gasteiger partial charge in [-0.2, -0.15) is 0 Å². The lowest BCUT2D eigenvalue weighted by molar-refractivity contribution is -0.140. The quantitative estimate of drug-likeness (QED) is 0.910. The molecule has 0 aromatic heterocycles. The van der Waals surface area contributed by atoms with Gasteiger partial charge < -0.3 is 10.6 Å². The van der Waals surface area contributed by atoms with Crippen molar-refractivity contribution in [3.8, 4) is 0 Å². The molecule has 0 aliphatic heterocycles. The van der Waals surface area contributed by atoms with Gasteiger partial charge in [-0.05, 0) is 25.8 Å². The van der Waals surface area contributed by atoms with E-state index in [0.29, 0.717) is 5.56 Å². The van der Waals surface area contributed by atoms with E-state index < -0.39 is 5.41 Å². The Morgan fingerprint density at radius 1 is 1.53 bits per heavy atom. The highest BCUT2D eigenvalue weighted by atomic mass is 19.1. The van der Waals surface area contributed by atoms with E-state index in [9.17, 15) is 9.18 Å². The van der Waals surface area contributed by atoms with Crippen molar-refractivity contribution in [2.75, 3.05) is 7.05 Å². The third-order valence-corrected chi connectivity index (χ3v) is 4.23. The van der Waals surface area contributed by atoms with Crippen LogP contribution < -0.4 is 5.73 Å². The Bertz CT molecular complexity index is 477. The van der Waals surface area contributed by atoms with E-state index in [0.717, 1.165) is 19.3 Å². The summed E-state index contributed by atoms with van der Waals surface area (Å²) < 4.78 is 13.6. The van der Waals surface area contributed by atoms with Gasteiger partial charge in [0.2, 0.25) is 5.91 Å². The van der Waals surface area contributed by atoms with Crippen LogP contribution in [0.4, 0.5) is 4.39 Å². The van der Waals surface area contributed by atoms with Gasteiger partial charge in [-0.3, -0.25) is 4.79 Å². The molecule has 1 aromatic rings. The second kappa shape index (κ2) is 5.29. The maximum atomic E-state index is 13.6. The number of carbonyl (C=O) groups is 1. The summed E-state index contributed by atoms with van der Waals surface area (Å²) in [6.07, 6.45) is 2.68. The highest BCUT2D eigenvalue weighted by Crippen LogP contribution is 2.38. The normalized spacial score (nSPS) is 26.4. The van der Waals surface area contributed by atoms with Crippen LogP contribution in [0.15, 0.2) is 24.3 Å². The zero-order chi connectivity index (χ0) is 14.0. The summed E-state index contributed by atoms with van der Waals surface area (Å²) in [6, 6.07) is 6.45. The Hall–Kier alpha value is -1.42. The van der Waals surface area contributed by atoms with Crippen molar-refractivity contribution in [1.29, 1.82) is 0 Å². The van der Waals surface area contributed by atoms with Gasteiger partial charge in [-0.15, -0.1) is 0 Å². The maximum absolute atomic E-state index is 13.6. The number of carbonyl (C=O) groups excluding carboxylic acids is 1. The average Bonchev–Trinajstić information content (AvgIpc) is 2.72. The third-order valence-electron chi connectivity index (χ3n) is 4.23. The number of halogens is 1. The number of benzene rings is 1. The largest absolute Gasteiger partial charge is 0.341 e. The lowest BCUT2D eigenvalue weighted by atomic mass is 9.83. The van der Waals surface area contributed by atoms with E-state index in [1.807, 2.05) is 6.92 Å². The lowest BCUT2D eigenvalue weighted by Gasteiger charge is -2.32. The highest BCUT2D eigenvalue weighted by Gasteiger charge is 2.44. The van der Waals surface area contributed by atoms with Crippen molar-refractivity contribution in [2.24, 2.45) is 11.1 Å². The van der Waals surface area contributed by atoms with Crippen molar-refractivity contribution in [1.82, 2.24) is 4.90 Å². The molecule has 0 spiro atoms. The first kappa shape index (κ1) is 14.0. The van der Waals surface area contributed by atoms with Crippen LogP contribution in [0.25, 0.3) is 0 Å². The topological polar surface area (TPSA) is 46.3 Å². The first-order valence-corrected chi connectivity index (χ1v) is 6.69. The molecule has 1 amide bonds. The SMILES string of the molecule is CN(Cc1ccccc1F)C(=O)C1(C)CCCC1N. The van der Waals surface area contributed by atoms with Crippen molar-refractivity contribution in [2.45, 2.75) is 38.8 Å². The molecule has 3 nitrogen and oxygen atoms in total. The smallest absolute Gasteiger partial charge is 0.230 e. The van der Waals surface area contributed by atoms with Gasteiger partial charge in [-0.1, -0.05) is 24.6 Å². The molecule has 0 radical (unpaired) electrons. The Kier molecular flexibility index (Phi) is 3.90. The third kappa shape index (κ3) is 2.63. The van der Waals surface area contributed by atoms with Gasteiger partial charge in [-0.25, -0.2) is 4.39 Å². The predicted molar refractivity (Wildman–Crippen MR) is 72.8 cm³/mol. The summed E-state index contributed by atoms with van der Waals surface area (Å²) in [5, 5.41) is 0. The highest BCUT2D eigenvalue weighted by molar-refractivity contribution is 5.83. The van der Waals surface area contributed by atoms with E-state index in [1.54, 1.807) is 30.1 Å². The number of hydrogen-bond donors (Lipinski definition) is 1. The Labute approximate surface area is 113 Å². The number of nitrogens with two attached hydrogens (primary N) is 1. The Morgan fingerprint density at radius 3 is 2.79 bits per heavy atom. The van der Waals surface area contributed by atoms with Gasteiger partial charge in [0.05, 0.1) is 5.41 Å². The van der Waals surface area contributed by atoms with Gasteiger partial charge in [0.15, 0.2) is 0 Å². The number of hydrogen-bond acceptors (Lipinski definition) is 2. The van der Waals surface area contributed by atoms with Gasteiger partial charge in [0, 0.05) is 25.2 Å². The molecular weight excluding hydrogens is 243 g/mol. The lowest BCUT2D eigenvalue weighted by Crippen LogP contribution is -2.47. The van der Waals surface area contributed by atoms with E-state index in [4.69, 9.17) is 5.73 Å². The molecular formula is C15H21FN2O. The summed E-state index contributed by atoms with van der Waals surface area (Å²) in [5.41, 5.74) is 6.09. The summed E-state index contributed by atoms with van der Waals surface area (Å²) in [4.78, 5) is 14.1. The van der Waals surface area contributed by atoms with Crippen molar-refractivity contribution in [3.63, 3.8) is 0 Å². The minimum atomic E-state index is -0.500. The minimum Gasteiger partial charge on any atom is -0.341 e. The first-order chi connectivity index (χ1) is 8.95. The average molecular weight is 264 g/mol. The molecule has 2 unspecified atom stereocenters. The minimum absolute atomic E-state index is 0.0146.